The zero-order valence-electron chi connectivity index (χ0n) is 12.1. The largest absolute Gasteiger partial charge is 0.374 e. The van der Waals surface area contributed by atoms with Crippen molar-refractivity contribution in [2.75, 3.05) is 22.9 Å². The second kappa shape index (κ2) is 6.89. The molecule has 0 radical (unpaired) electrons. The van der Waals surface area contributed by atoms with Crippen molar-refractivity contribution in [2.45, 2.75) is 27.8 Å². The monoisotopic (exact) mass is 352 g/mol. The van der Waals surface area contributed by atoms with Crippen LogP contribution in [0.3, 0.4) is 0 Å². The third-order valence-corrected chi connectivity index (χ3v) is 6.39. The van der Waals surface area contributed by atoms with E-state index in [-0.39, 0.29) is 5.91 Å². The van der Waals surface area contributed by atoms with Gasteiger partial charge in [-0.3, -0.25) is 4.79 Å². The number of carbonyl (C=O) groups excluding carboxylic acids is 1. The van der Waals surface area contributed by atoms with Crippen LogP contribution < -0.4 is 10.6 Å². The van der Waals surface area contributed by atoms with Crippen LogP contribution >= 0.6 is 34.9 Å². The van der Waals surface area contributed by atoms with Crippen molar-refractivity contribution in [1.29, 1.82) is 0 Å². The Labute approximate surface area is 141 Å². The number of nitrogen functional groups attached to an aromatic ring is 1. The van der Waals surface area contributed by atoms with Gasteiger partial charge < -0.3 is 10.6 Å². The van der Waals surface area contributed by atoms with Gasteiger partial charge in [-0.2, -0.15) is 0 Å². The molecule has 1 aliphatic heterocycles. The number of fused-ring (bicyclic) bond motifs is 1. The number of carbonyl (C=O) groups is 1. The van der Waals surface area contributed by atoms with Crippen molar-refractivity contribution in [2.24, 2.45) is 0 Å². The molecule has 8 heteroatoms. The van der Waals surface area contributed by atoms with E-state index < -0.39 is 0 Å². The number of para-hydroxylation sites is 1. The molecule has 2 aromatic rings. The second-order valence-electron chi connectivity index (χ2n) is 4.93. The quantitative estimate of drug-likeness (QED) is 0.856. The van der Waals surface area contributed by atoms with Gasteiger partial charge in [-0.25, -0.2) is 0 Å². The van der Waals surface area contributed by atoms with E-state index in [4.69, 9.17) is 5.73 Å². The van der Waals surface area contributed by atoms with Gasteiger partial charge in [-0.1, -0.05) is 42.2 Å². The zero-order valence-corrected chi connectivity index (χ0v) is 14.5. The Morgan fingerprint density at radius 2 is 2.27 bits per heavy atom. The van der Waals surface area contributed by atoms with Crippen LogP contribution in [-0.4, -0.2) is 33.7 Å². The molecule has 1 aromatic carbocycles. The minimum absolute atomic E-state index is 0.0981. The molecule has 0 saturated carbocycles. The number of nitrogens with zero attached hydrogens (tertiary/aromatic N) is 3. The highest BCUT2D eigenvalue weighted by molar-refractivity contribution is 8.01. The summed E-state index contributed by atoms with van der Waals surface area (Å²) in [6.45, 7) is 2.96. The summed E-state index contributed by atoms with van der Waals surface area (Å²) in [7, 11) is 0. The number of anilines is 2. The lowest BCUT2D eigenvalue weighted by Crippen LogP contribution is -2.33. The maximum atomic E-state index is 12.6. The van der Waals surface area contributed by atoms with Gasteiger partial charge in [0.1, 0.15) is 0 Å². The number of rotatable bonds is 3. The third-order valence-electron chi connectivity index (χ3n) is 3.29. The molecule has 0 bridgehead atoms. The molecular formula is C14H16N4OS3. The van der Waals surface area contributed by atoms with E-state index in [2.05, 4.69) is 23.2 Å². The summed E-state index contributed by atoms with van der Waals surface area (Å²) in [6, 6.07) is 8.10. The van der Waals surface area contributed by atoms with Crippen molar-refractivity contribution in [3.63, 3.8) is 0 Å². The highest BCUT2D eigenvalue weighted by atomic mass is 32.2. The Morgan fingerprint density at radius 1 is 1.45 bits per heavy atom. The predicted octanol–water partition coefficient (Wildman–Crippen LogP) is 3.13. The summed E-state index contributed by atoms with van der Waals surface area (Å²) in [5.41, 5.74) is 6.57. The zero-order chi connectivity index (χ0) is 15.5. The molecule has 0 spiro atoms. The molecule has 22 heavy (non-hydrogen) atoms. The fourth-order valence-electron chi connectivity index (χ4n) is 2.23. The van der Waals surface area contributed by atoms with E-state index in [9.17, 15) is 4.79 Å². The first kappa shape index (κ1) is 15.6. The average Bonchev–Trinajstić information content (AvgIpc) is 2.84. The lowest BCUT2D eigenvalue weighted by Gasteiger charge is -2.22. The molecule has 1 aromatic heterocycles. The summed E-state index contributed by atoms with van der Waals surface area (Å²) in [5.74, 6) is 0.447. The molecule has 116 valence electrons. The van der Waals surface area contributed by atoms with Crippen molar-refractivity contribution >= 4 is 51.6 Å². The first-order valence-electron chi connectivity index (χ1n) is 6.91. The Balaban J connectivity index is 1.74. The van der Waals surface area contributed by atoms with Gasteiger partial charge in [-0.05, 0) is 18.6 Å². The smallest absolute Gasteiger partial charge is 0.237 e. The first-order valence-corrected chi connectivity index (χ1v) is 9.59. The molecule has 1 unspecified atom stereocenters. The van der Waals surface area contributed by atoms with Crippen LogP contribution in [0.5, 0.6) is 0 Å². The van der Waals surface area contributed by atoms with Crippen LogP contribution in [0, 0.1) is 0 Å². The maximum absolute atomic E-state index is 12.6. The maximum Gasteiger partial charge on any atom is 0.237 e. The number of hydrogen-bond donors (Lipinski definition) is 1. The molecule has 1 aliphatic rings. The third kappa shape index (κ3) is 3.56. The van der Waals surface area contributed by atoms with E-state index in [1.165, 1.54) is 28.0 Å². The Morgan fingerprint density at radius 3 is 3.05 bits per heavy atom. The second-order valence-corrected chi connectivity index (χ2v) is 8.64. The molecule has 0 fully saturated rings. The van der Waals surface area contributed by atoms with E-state index in [1.807, 2.05) is 34.9 Å². The minimum Gasteiger partial charge on any atom is -0.374 e. The SMILES string of the molecule is CC1CCN(C(=O)CSc2nnc(N)s2)c2ccccc2S1. The van der Waals surface area contributed by atoms with Gasteiger partial charge in [0.25, 0.3) is 0 Å². The average molecular weight is 353 g/mol. The number of aromatic nitrogens is 2. The molecular weight excluding hydrogens is 336 g/mol. The summed E-state index contributed by atoms with van der Waals surface area (Å²) in [6.07, 6.45) is 0.988. The molecule has 2 N–H and O–H groups in total. The fraction of sp³-hybridized carbons (Fsp3) is 0.357. The van der Waals surface area contributed by atoms with Crippen LogP contribution in [-0.2, 0) is 4.79 Å². The van der Waals surface area contributed by atoms with Gasteiger partial charge in [0.2, 0.25) is 11.0 Å². The highest BCUT2D eigenvalue weighted by Gasteiger charge is 2.24. The number of hydrogen-bond acceptors (Lipinski definition) is 7. The molecule has 1 amide bonds. The van der Waals surface area contributed by atoms with Gasteiger partial charge in [0.15, 0.2) is 4.34 Å². The number of amides is 1. The molecule has 2 heterocycles. The van der Waals surface area contributed by atoms with Crippen LogP contribution in [0.25, 0.3) is 0 Å². The number of nitrogens with two attached hydrogens (primary N) is 1. The number of benzene rings is 1. The van der Waals surface area contributed by atoms with Crippen molar-refractivity contribution in [3.05, 3.63) is 24.3 Å². The van der Waals surface area contributed by atoms with E-state index >= 15 is 0 Å². The molecule has 5 nitrogen and oxygen atoms in total. The lowest BCUT2D eigenvalue weighted by atomic mass is 10.2. The minimum atomic E-state index is 0.0981. The van der Waals surface area contributed by atoms with E-state index in [1.54, 1.807) is 0 Å². The van der Waals surface area contributed by atoms with Crippen molar-refractivity contribution in [3.8, 4) is 0 Å². The van der Waals surface area contributed by atoms with Crippen LogP contribution in [0.4, 0.5) is 10.8 Å². The van der Waals surface area contributed by atoms with E-state index in [0.717, 1.165) is 23.0 Å². The topological polar surface area (TPSA) is 72.1 Å². The molecule has 0 saturated heterocycles. The van der Waals surface area contributed by atoms with Crippen LogP contribution in [0.1, 0.15) is 13.3 Å². The highest BCUT2D eigenvalue weighted by Crippen LogP contribution is 2.37. The molecule has 0 aliphatic carbocycles. The predicted molar refractivity (Wildman–Crippen MR) is 93.8 cm³/mol. The summed E-state index contributed by atoms with van der Waals surface area (Å²) in [5, 5.41) is 8.64. The number of thioether (sulfide) groups is 2. The molecule has 1 atom stereocenters. The van der Waals surface area contributed by atoms with Crippen LogP contribution in [0.15, 0.2) is 33.5 Å². The van der Waals surface area contributed by atoms with Crippen molar-refractivity contribution < 1.29 is 4.79 Å². The van der Waals surface area contributed by atoms with Gasteiger partial charge in [0.05, 0.1) is 11.4 Å². The first-order chi connectivity index (χ1) is 10.6. The standard InChI is InChI=1S/C14H16N4OS3/c1-9-6-7-18(10-4-2-3-5-11(10)21-9)12(19)8-20-14-17-16-13(15)22-14/h2-5,9H,6-8H2,1H3,(H2,15,16). The van der Waals surface area contributed by atoms with E-state index in [0.29, 0.717) is 16.1 Å². The summed E-state index contributed by atoms with van der Waals surface area (Å²) in [4.78, 5) is 15.7. The Hall–Kier alpha value is -1.25. The van der Waals surface area contributed by atoms with Gasteiger partial charge in [0, 0.05) is 16.7 Å². The Bertz CT molecular complexity index is 676. The van der Waals surface area contributed by atoms with Gasteiger partial charge >= 0.3 is 0 Å². The Kier molecular flexibility index (Phi) is 4.90. The lowest BCUT2D eigenvalue weighted by molar-refractivity contribution is -0.116. The fourth-order valence-corrected chi connectivity index (χ4v) is 4.85. The van der Waals surface area contributed by atoms with Crippen molar-refractivity contribution in [1.82, 2.24) is 10.2 Å². The van der Waals surface area contributed by atoms with Gasteiger partial charge in [-0.15, -0.1) is 22.0 Å². The summed E-state index contributed by atoms with van der Waals surface area (Å²) >= 11 is 4.54. The van der Waals surface area contributed by atoms with Crippen LogP contribution in [0.2, 0.25) is 0 Å². The normalized spacial score (nSPS) is 17.9. The molecule has 3 rings (SSSR count). The summed E-state index contributed by atoms with van der Waals surface area (Å²) < 4.78 is 0.733.